The number of hydrogen-bond donors (Lipinski definition) is 3. The molecule has 0 radical (unpaired) electrons. The second kappa shape index (κ2) is 13.4. The monoisotopic (exact) mass is 582 g/mol. The average molecular weight is 583 g/mol. The van der Waals surface area contributed by atoms with E-state index >= 15 is 4.39 Å². The Morgan fingerprint density at radius 1 is 1.05 bits per heavy atom. The molecule has 2 aliphatic rings. The van der Waals surface area contributed by atoms with Crippen LogP contribution in [0.2, 0.25) is 5.15 Å². The van der Waals surface area contributed by atoms with Gasteiger partial charge in [-0.25, -0.2) is 14.4 Å². The van der Waals surface area contributed by atoms with Crippen molar-refractivity contribution in [3.63, 3.8) is 0 Å². The van der Waals surface area contributed by atoms with Crippen molar-refractivity contribution >= 4 is 40.4 Å². The molecule has 0 saturated carbocycles. The summed E-state index contributed by atoms with van der Waals surface area (Å²) >= 11 is 6.12. The quantitative estimate of drug-likeness (QED) is 0.344. The molecule has 218 valence electrons. The number of carbonyl (C=O) groups excluding carboxylic acids is 1. The van der Waals surface area contributed by atoms with Gasteiger partial charge in [0.1, 0.15) is 17.7 Å². The molecule has 12 heteroatoms. The van der Waals surface area contributed by atoms with Crippen LogP contribution in [0.15, 0.2) is 42.7 Å². The van der Waals surface area contributed by atoms with Crippen molar-refractivity contribution < 1.29 is 13.9 Å². The first-order chi connectivity index (χ1) is 19.9. The second-order valence-corrected chi connectivity index (χ2v) is 10.7. The molecular weight excluding hydrogens is 547 g/mol. The number of halogens is 2. The summed E-state index contributed by atoms with van der Waals surface area (Å²) < 4.78 is 21.7. The normalized spacial score (nSPS) is 16.8. The zero-order chi connectivity index (χ0) is 28.8. The highest BCUT2D eigenvalue weighted by Crippen LogP contribution is 2.39. The number of nitrogens with one attached hydrogen (secondary N) is 2. The number of nitrogens with two attached hydrogens (primary N) is 1. The van der Waals surface area contributed by atoms with E-state index in [1.807, 2.05) is 6.07 Å². The largest absolute Gasteiger partial charge is 0.393 e. The van der Waals surface area contributed by atoms with Gasteiger partial charge in [-0.15, -0.1) is 0 Å². The van der Waals surface area contributed by atoms with Gasteiger partial charge in [0, 0.05) is 56.9 Å². The zero-order valence-electron chi connectivity index (χ0n) is 23.2. The number of anilines is 4. The fraction of sp³-hybridized carbons (Fsp3) is 0.414. The van der Waals surface area contributed by atoms with E-state index in [4.69, 9.17) is 22.1 Å². The van der Waals surface area contributed by atoms with Crippen LogP contribution in [-0.2, 0) is 4.74 Å². The molecule has 4 N–H and O–H groups in total. The van der Waals surface area contributed by atoms with Gasteiger partial charge in [0.15, 0.2) is 16.8 Å². The number of hydrogen-bond acceptors (Lipinski definition) is 9. The lowest BCUT2D eigenvalue weighted by Gasteiger charge is -2.27. The number of carbonyl (C=O) groups is 1. The lowest BCUT2D eigenvalue weighted by atomic mass is 10.0. The summed E-state index contributed by atoms with van der Waals surface area (Å²) in [7, 11) is 2.09. The highest BCUT2D eigenvalue weighted by atomic mass is 35.5. The van der Waals surface area contributed by atoms with E-state index in [2.05, 4.69) is 42.3 Å². The fourth-order valence-corrected chi connectivity index (χ4v) is 5.24. The van der Waals surface area contributed by atoms with Gasteiger partial charge in [-0.3, -0.25) is 9.69 Å². The van der Waals surface area contributed by atoms with Gasteiger partial charge in [-0.1, -0.05) is 23.7 Å². The molecule has 0 unspecified atom stereocenters. The van der Waals surface area contributed by atoms with Crippen LogP contribution in [0, 0.1) is 5.82 Å². The minimum Gasteiger partial charge on any atom is -0.393 e. The molecular formula is C29H36ClFN8O2. The van der Waals surface area contributed by atoms with E-state index in [1.165, 1.54) is 6.33 Å². The lowest BCUT2D eigenvalue weighted by Crippen LogP contribution is -2.41. The molecule has 0 spiro atoms. The molecule has 2 aliphatic heterocycles. The Morgan fingerprint density at radius 3 is 2.61 bits per heavy atom. The third-order valence-electron chi connectivity index (χ3n) is 7.53. The number of morpholine rings is 1. The Labute approximate surface area is 244 Å². The molecule has 2 aromatic carbocycles. The summed E-state index contributed by atoms with van der Waals surface area (Å²) in [6.07, 6.45) is 2.24. The first-order valence-corrected chi connectivity index (χ1v) is 14.3. The van der Waals surface area contributed by atoms with Gasteiger partial charge in [-0.2, -0.15) is 0 Å². The third kappa shape index (κ3) is 7.05. The van der Waals surface area contributed by atoms with Gasteiger partial charge in [0.2, 0.25) is 0 Å². The molecule has 41 heavy (non-hydrogen) atoms. The predicted octanol–water partition coefficient (Wildman–Crippen LogP) is 3.47. The summed E-state index contributed by atoms with van der Waals surface area (Å²) in [6, 6.07) is 10.6. The van der Waals surface area contributed by atoms with Crippen molar-refractivity contribution in [2.45, 2.75) is 6.42 Å². The Morgan fingerprint density at radius 2 is 1.83 bits per heavy atom. The lowest BCUT2D eigenvalue weighted by molar-refractivity contribution is 0.0383. The van der Waals surface area contributed by atoms with Crippen LogP contribution in [0.5, 0.6) is 0 Å². The van der Waals surface area contributed by atoms with E-state index in [0.717, 1.165) is 65.4 Å². The molecule has 3 aromatic rings. The Balaban J connectivity index is 1.38. The molecule has 1 aromatic heterocycles. The highest BCUT2D eigenvalue weighted by molar-refractivity contribution is 6.32. The topological polar surface area (TPSA) is 112 Å². The van der Waals surface area contributed by atoms with Gasteiger partial charge in [0.25, 0.3) is 5.91 Å². The van der Waals surface area contributed by atoms with Crippen LogP contribution in [-0.4, -0.2) is 98.3 Å². The molecule has 1 amide bonds. The number of rotatable bonds is 8. The van der Waals surface area contributed by atoms with Crippen molar-refractivity contribution in [3.05, 3.63) is 59.3 Å². The highest BCUT2D eigenvalue weighted by Gasteiger charge is 2.23. The standard InChI is InChI=1S/C29H36ClFN8O2/c1-37-10-2-11-39(14-13-37)23-8-7-22(24(31)26(23)36-28-25(32)27(30)34-19-35-28)20-3-5-21(6-4-20)29(40)33-9-12-38-15-17-41-18-16-38/h3-8,19H,2,9-18,32H2,1H3,(H,33,40)(H,34,35,36). The van der Waals surface area contributed by atoms with Crippen molar-refractivity contribution in [2.24, 2.45) is 0 Å². The van der Waals surface area contributed by atoms with Crippen LogP contribution in [0.3, 0.4) is 0 Å². The van der Waals surface area contributed by atoms with E-state index in [0.29, 0.717) is 28.9 Å². The van der Waals surface area contributed by atoms with Gasteiger partial charge >= 0.3 is 0 Å². The Hall–Kier alpha value is -3.51. The maximum Gasteiger partial charge on any atom is 0.251 e. The minimum atomic E-state index is -0.447. The summed E-state index contributed by atoms with van der Waals surface area (Å²) in [4.78, 5) is 27.5. The fourth-order valence-electron chi connectivity index (χ4n) is 5.11. The number of nitrogen functional groups attached to an aromatic ring is 1. The van der Waals surface area contributed by atoms with E-state index in [9.17, 15) is 4.79 Å². The van der Waals surface area contributed by atoms with Gasteiger partial charge < -0.3 is 30.9 Å². The second-order valence-electron chi connectivity index (χ2n) is 10.3. The average Bonchev–Trinajstić information content (AvgIpc) is 3.21. The summed E-state index contributed by atoms with van der Waals surface area (Å²) in [6.45, 7) is 7.88. The molecule has 5 rings (SSSR count). The summed E-state index contributed by atoms with van der Waals surface area (Å²) in [5.74, 6) is -0.375. The number of benzene rings is 2. The molecule has 0 aliphatic carbocycles. The van der Waals surface area contributed by atoms with Gasteiger partial charge in [0.05, 0.1) is 18.9 Å². The molecule has 0 atom stereocenters. The van der Waals surface area contributed by atoms with E-state index in [1.54, 1.807) is 30.3 Å². The third-order valence-corrected chi connectivity index (χ3v) is 7.84. The van der Waals surface area contributed by atoms with E-state index < -0.39 is 5.82 Å². The number of aromatic nitrogens is 2. The number of nitrogens with zero attached hydrogens (tertiary/aromatic N) is 5. The van der Waals surface area contributed by atoms with Crippen LogP contribution in [0.4, 0.5) is 27.3 Å². The Bertz CT molecular complexity index is 1350. The SMILES string of the molecule is CN1CCCN(c2ccc(-c3ccc(C(=O)NCCN4CCOCC4)cc3)c(F)c2Nc2ncnc(Cl)c2N)CC1. The molecule has 2 saturated heterocycles. The molecule has 0 bridgehead atoms. The maximum atomic E-state index is 16.4. The molecule has 10 nitrogen and oxygen atoms in total. The van der Waals surface area contributed by atoms with Gasteiger partial charge in [-0.05, 0) is 49.8 Å². The minimum absolute atomic E-state index is 0.0934. The predicted molar refractivity (Wildman–Crippen MR) is 160 cm³/mol. The zero-order valence-corrected chi connectivity index (χ0v) is 24.0. The van der Waals surface area contributed by atoms with Crippen LogP contribution < -0.4 is 21.3 Å². The number of amides is 1. The van der Waals surface area contributed by atoms with Crippen molar-refractivity contribution in [3.8, 4) is 11.1 Å². The van der Waals surface area contributed by atoms with Crippen LogP contribution in [0.25, 0.3) is 11.1 Å². The molecule has 3 heterocycles. The summed E-state index contributed by atoms with van der Waals surface area (Å²) in [5.41, 5.74) is 8.79. The molecule has 2 fully saturated rings. The Kier molecular flexibility index (Phi) is 9.50. The van der Waals surface area contributed by atoms with Crippen LogP contribution >= 0.6 is 11.6 Å². The van der Waals surface area contributed by atoms with Crippen molar-refractivity contribution in [1.82, 2.24) is 25.1 Å². The summed E-state index contributed by atoms with van der Waals surface area (Å²) in [5, 5.41) is 6.16. The maximum absolute atomic E-state index is 16.4. The van der Waals surface area contributed by atoms with Crippen molar-refractivity contribution in [1.29, 1.82) is 0 Å². The smallest absolute Gasteiger partial charge is 0.251 e. The van der Waals surface area contributed by atoms with E-state index in [-0.39, 0.29) is 28.3 Å². The van der Waals surface area contributed by atoms with Crippen LogP contribution in [0.1, 0.15) is 16.8 Å². The first kappa shape index (κ1) is 29.0. The first-order valence-electron chi connectivity index (χ1n) is 13.9. The van der Waals surface area contributed by atoms with Crippen molar-refractivity contribution in [2.75, 3.05) is 88.6 Å². The number of likely N-dealkylation sites (N-methyl/N-ethyl adjacent to an activating group) is 1. The number of ether oxygens (including phenoxy) is 1.